The summed E-state index contributed by atoms with van der Waals surface area (Å²) in [5, 5.41) is 5.07. The van der Waals surface area contributed by atoms with E-state index in [0.29, 0.717) is 44.5 Å². The SMILES string of the molecule is CCC(C)c1ccc(COc2ccc(-c3c(-c4ccncc4)nn4c3C(=O)N(CCO[Si](C)(C)C(C)(C)C)CC4)cc2)cc1. The van der Waals surface area contributed by atoms with Crippen LogP contribution in [0.2, 0.25) is 18.1 Å². The molecule has 1 aliphatic rings. The predicted molar refractivity (Wildman–Crippen MR) is 179 cm³/mol. The molecule has 0 radical (unpaired) electrons. The molecule has 5 rings (SSSR count). The second-order valence-electron chi connectivity index (χ2n) is 13.3. The van der Waals surface area contributed by atoms with E-state index in [1.54, 1.807) is 12.4 Å². The molecule has 0 aliphatic carbocycles. The summed E-state index contributed by atoms with van der Waals surface area (Å²) >= 11 is 0. The van der Waals surface area contributed by atoms with Gasteiger partial charge in [0.25, 0.3) is 5.91 Å². The predicted octanol–water partition coefficient (Wildman–Crippen LogP) is 8.18. The van der Waals surface area contributed by atoms with Gasteiger partial charge in [-0.25, -0.2) is 0 Å². The summed E-state index contributed by atoms with van der Waals surface area (Å²) < 4.78 is 14.4. The summed E-state index contributed by atoms with van der Waals surface area (Å²) in [6, 6.07) is 20.6. The second-order valence-corrected chi connectivity index (χ2v) is 18.1. The Labute approximate surface area is 263 Å². The van der Waals surface area contributed by atoms with Gasteiger partial charge in [-0.05, 0) is 71.4 Å². The molecule has 232 valence electrons. The molecular weight excluding hydrogens is 565 g/mol. The maximum absolute atomic E-state index is 14.0. The van der Waals surface area contributed by atoms with Crippen molar-refractivity contribution in [1.29, 1.82) is 0 Å². The van der Waals surface area contributed by atoms with E-state index in [1.165, 1.54) is 5.56 Å². The van der Waals surface area contributed by atoms with Crippen molar-refractivity contribution in [3.05, 3.63) is 89.9 Å². The highest BCUT2D eigenvalue weighted by Gasteiger charge is 2.38. The van der Waals surface area contributed by atoms with E-state index in [4.69, 9.17) is 14.3 Å². The van der Waals surface area contributed by atoms with Gasteiger partial charge in [0, 0.05) is 36.6 Å². The van der Waals surface area contributed by atoms with E-state index >= 15 is 0 Å². The number of hydrogen-bond donors (Lipinski definition) is 0. The molecule has 8 heteroatoms. The van der Waals surface area contributed by atoms with Crippen molar-refractivity contribution in [2.75, 3.05) is 19.7 Å². The molecule has 0 saturated heterocycles. The minimum Gasteiger partial charge on any atom is -0.489 e. The lowest BCUT2D eigenvalue weighted by molar-refractivity contribution is 0.0666. The third-order valence-electron chi connectivity index (χ3n) is 9.32. The molecule has 2 aromatic heterocycles. The fourth-order valence-corrected chi connectivity index (χ4v) is 6.23. The molecule has 1 unspecified atom stereocenters. The number of carbonyl (C=O) groups is 1. The van der Waals surface area contributed by atoms with Crippen molar-refractivity contribution < 1.29 is 14.0 Å². The Morgan fingerprint density at radius 2 is 1.61 bits per heavy atom. The van der Waals surface area contributed by atoms with Crippen molar-refractivity contribution in [2.45, 2.75) is 78.2 Å². The summed E-state index contributed by atoms with van der Waals surface area (Å²) in [5.41, 5.74) is 6.58. The van der Waals surface area contributed by atoms with Gasteiger partial charge in [-0.1, -0.05) is 71.0 Å². The van der Waals surface area contributed by atoms with Crippen LogP contribution in [-0.4, -0.2) is 53.6 Å². The first-order valence-electron chi connectivity index (χ1n) is 15.7. The summed E-state index contributed by atoms with van der Waals surface area (Å²) in [4.78, 5) is 20.1. The van der Waals surface area contributed by atoms with Crippen LogP contribution in [0.5, 0.6) is 5.75 Å². The minimum atomic E-state index is -1.90. The van der Waals surface area contributed by atoms with Gasteiger partial charge in [-0.3, -0.25) is 14.5 Å². The summed E-state index contributed by atoms with van der Waals surface area (Å²) in [7, 11) is -1.90. The van der Waals surface area contributed by atoms with Crippen LogP contribution in [0.15, 0.2) is 73.1 Å². The van der Waals surface area contributed by atoms with Crippen LogP contribution in [0.1, 0.15) is 68.6 Å². The monoisotopic (exact) mass is 610 g/mol. The smallest absolute Gasteiger partial charge is 0.272 e. The number of pyridine rings is 1. The minimum absolute atomic E-state index is 0.0148. The molecule has 0 spiro atoms. The van der Waals surface area contributed by atoms with E-state index in [1.807, 2.05) is 46.0 Å². The Morgan fingerprint density at radius 1 is 0.932 bits per heavy atom. The number of carbonyl (C=O) groups excluding carboxylic acids is 1. The molecular formula is C36H46N4O3Si. The van der Waals surface area contributed by atoms with Crippen LogP contribution in [-0.2, 0) is 17.6 Å². The number of benzene rings is 2. The van der Waals surface area contributed by atoms with Crippen LogP contribution in [0.4, 0.5) is 0 Å². The highest BCUT2D eigenvalue weighted by Crippen LogP contribution is 2.38. The average molecular weight is 611 g/mol. The van der Waals surface area contributed by atoms with E-state index in [9.17, 15) is 4.79 Å². The Kier molecular flexibility index (Phi) is 9.41. The van der Waals surface area contributed by atoms with Crippen LogP contribution in [0.25, 0.3) is 22.4 Å². The number of fused-ring (bicyclic) bond motifs is 1. The number of amides is 1. The topological polar surface area (TPSA) is 69.5 Å². The lowest BCUT2D eigenvalue weighted by Crippen LogP contribution is -2.46. The molecule has 0 bridgehead atoms. The third-order valence-corrected chi connectivity index (χ3v) is 13.9. The van der Waals surface area contributed by atoms with E-state index in [0.717, 1.165) is 40.1 Å². The average Bonchev–Trinajstić information content (AvgIpc) is 3.41. The van der Waals surface area contributed by atoms with Gasteiger partial charge in [0.1, 0.15) is 23.7 Å². The number of rotatable bonds is 11. The highest BCUT2D eigenvalue weighted by atomic mass is 28.4. The first-order chi connectivity index (χ1) is 21.0. The Morgan fingerprint density at radius 3 is 2.25 bits per heavy atom. The zero-order valence-electron chi connectivity index (χ0n) is 27.3. The Balaban J connectivity index is 1.37. The van der Waals surface area contributed by atoms with Crippen LogP contribution in [0, 0.1) is 0 Å². The van der Waals surface area contributed by atoms with Gasteiger partial charge in [0.15, 0.2) is 8.32 Å². The van der Waals surface area contributed by atoms with Gasteiger partial charge < -0.3 is 14.1 Å². The first-order valence-corrected chi connectivity index (χ1v) is 18.7. The van der Waals surface area contributed by atoms with Crippen LogP contribution < -0.4 is 4.74 Å². The largest absolute Gasteiger partial charge is 0.489 e. The van der Waals surface area contributed by atoms with Gasteiger partial charge in [-0.15, -0.1) is 0 Å². The maximum Gasteiger partial charge on any atom is 0.272 e. The lowest BCUT2D eigenvalue weighted by Gasteiger charge is -2.37. The normalized spacial score (nSPS) is 14.4. The third kappa shape index (κ3) is 6.81. The standard InChI is InChI=1S/C36H46N4O3Si/c1-8-26(2)28-11-9-27(10-12-28)25-42-31-15-13-29(14-16-31)32-33(30-17-19-37-20-18-30)38-40-22-21-39(35(41)34(32)40)23-24-43-44(6,7)36(3,4)5/h9-20,26H,8,21-25H2,1-7H3. The maximum atomic E-state index is 14.0. The fourth-order valence-electron chi connectivity index (χ4n) is 5.20. The Bertz CT molecular complexity index is 1560. The Hall–Kier alpha value is -3.75. The summed E-state index contributed by atoms with van der Waals surface area (Å²) in [6.45, 7) is 18.5. The zero-order chi connectivity index (χ0) is 31.5. The highest BCUT2D eigenvalue weighted by molar-refractivity contribution is 6.74. The quantitative estimate of drug-likeness (QED) is 0.160. The molecule has 1 aliphatic heterocycles. The number of hydrogen-bond acceptors (Lipinski definition) is 5. The molecule has 3 heterocycles. The van der Waals surface area contributed by atoms with Gasteiger partial charge in [0.2, 0.25) is 0 Å². The number of nitrogens with zero attached hydrogens (tertiary/aromatic N) is 4. The molecule has 1 amide bonds. The molecule has 0 saturated carbocycles. The summed E-state index contributed by atoms with van der Waals surface area (Å²) in [6.07, 6.45) is 4.65. The number of ether oxygens (including phenoxy) is 1. The van der Waals surface area contributed by atoms with Crippen molar-refractivity contribution in [1.82, 2.24) is 19.7 Å². The molecule has 0 fully saturated rings. The van der Waals surface area contributed by atoms with Gasteiger partial charge in [-0.2, -0.15) is 5.10 Å². The van der Waals surface area contributed by atoms with Crippen molar-refractivity contribution in [3.8, 4) is 28.1 Å². The molecule has 1 atom stereocenters. The van der Waals surface area contributed by atoms with Crippen molar-refractivity contribution in [3.63, 3.8) is 0 Å². The van der Waals surface area contributed by atoms with E-state index in [2.05, 4.69) is 77.0 Å². The number of aromatic nitrogens is 3. The van der Waals surface area contributed by atoms with Crippen molar-refractivity contribution in [2.24, 2.45) is 0 Å². The molecule has 2 aromatic carbocycles. The second kappa shape index (κ2) is 13.1. The molecule has 4 aromatic rings. The lowest BCUT2D eigenvalue weighted by atomic mass is 9.98. The van der Waals surface area contributed by atoms with Gasteiger partial charge in [0.05, 0.1) is 13.2 Å². The molecule has 0 N–H and O–H groups in total. The van der Waals surface area contributed by atoms with Gasteiger partial charge >= 0.3 is 0 Å². The van der Waals surface area contributed by atoms with E-state index < -0.39 is 8.32 Å². The molecule has 44 heavy (non-hydrogen) atoms. The molecule has 7 nitrogen and oxygen atoms in total. The zero-order valence-corrected chi connectivity index (χ0v) is 28.3. The van der Waals surface area contributed by atoms with Crippen LogP contribution >= 0.6 is 0 Å². The van der Waals surface area contributed by atoms with E-state index in [-0.39, 0.29) is 10.9 Å². The summed E-state index contributed by atoms with van der Waals surface area (Å²) in [5.74, 6) is 1.32. The van der Waals surface area contributed by atoms with Crippen molar-refractivity contribution >= 4 is 14.2 Å². The first kappa shape index (κ1) is 31.7. The fraction of sp³-hybridized carbons (Fsp3) is 0.417. The van der Waals surface area contributed by atoms with Crippen LogP contribution in [0.3, 0.4) is 0 Å².